The number of nitrogens with one attached hydrogen (secondary N) is 3. The van der Waals surface area contributed by atoms with Crippen LogP contribution in [0, 0.1) is 0 Å². The number of carbonyl (C=O) groups excluding carboxylic acids is 3. The Labute approximate surface area is 159 Å². The molecule has 0 aliphatic heterocycles. The van der Waals surface area contributed by atoms with Crippen molar-refractivity contribution in [3.05, 3.63) is 0 Å². The molecule has 0 aromatic heterocycles. The quantitative estimate of drug-likeness (QED) is 0.356. The molecule has 0 aromatic rings. The Kier molecular flexibility index (Phi) is 10.4. The lowest BCUT2D eigenvalue weighted by atomic mass is 10.1. The molecule has 27 heavy (non-hydrogen) atoms. The van der Waals surface area contributed by atoms with Crippen LogP contribution in [0.1, 0.15) is 53.9 Å². The zero-order valence-electron chi connectivity index (χ0n) is 16.5. The van der Waals surface area contributed by atoms with Crippen molar-refractivity contribution < 1.29 is 34.1 Å². The third kappa shape index (κ3) is 13.5. The summed E-state index contributed by atoms with van der Waals surface area (Å²) in [5, 5.41) is 25.5. The average molecular weight is 389 g/mol. The number of ether oxygens (including phenoxy) is 1. The number of rotatable bonds is 10. The molecular weight excluding hydrogens is 358 g/mol. The summed E-state index contributed by atoms with van der Waals surface area (Å²) < 4.78 is 5.06. The molecule has 5 N–H and O–H groups in total. The summed E-state index contributed by atoms with van der Waals surface area (Å²) >= 11 is 0. The molecule has 156 valence electrons. The highest BCUT2D eigenvalue weighted by Crippen LogP contribution is 2.07. The zero-order chi connectivity index (χ0) is 21.2. The van der Waals surface area contributed by atoms with Crippen molar-refractivity contribution >= 4 is 23.9 Å². The van der Waals surface area contributed by atoms with Gasteiger partial charge in [-0.1, -0.05) is 0 Å². The van der Waals surface area contributed by atoms with Gasteiger partial charge in [-0.25, -0.2) is 4.79 Å². The Morgan fingerprint density at radius 3 is 1.81 bits per heavy atom. The number of aliphatic hydroxyl groups excluding tert-OH is 1. The summed E-state index contributed by atoms with van der Waals surface area (Å²) in [6, 6.07) is -1.85. The van der Waals surface area contributed by atoms with Gasteiger partial charge in [-0.3, -0.25) is 14.4 Å². The van der Waals surface area contributed by atoms with Gasteiger partial charge in [0, 0.05) is 24.9 Å². The van der Waals surface area contributed by atoms with Gasteiger partial charge >= 0.3 is 12.1 Å². The summed E-state index contributed by atoms with van der Waals surface area (Å²) in [4.78, 5) is 46.1. The number of aliphatic carboxylic acids is 1. The van der Waals surface area contributed by atoms with Crippen molar-refractivity contribution in [3.8, 4) is 0 Å². The predicted molar refractivity (Wildman–Crippen MR) is 96.9 cm³/mol. The van der Waals surface area contributed by atoms with E-state index >= 15 is 0 Å². The zero-order valence-corrected chi connectivity index (χ0v) is 16.5. The van der Waals surface area contributed by atoms with Crippen LogP contribution >= 0.6 is 0 Å². The predicted octanol–water partition coefficient (Wildman–Crippen LogP) is 0.136. The smallest absolute Gasteiger partial charge is 0.407 e. The first-order valence-corrected chi connectivity index (χ1v) is 8.73. The van der Waals surface area contributed by atoms with Gasteiger partial charge in [-0.2, -0.15) is 0 Å². The van der Waals surface area contributed by atoms with Crippen molar-refractivity contribution in [1.82, 2.24) is 16.0 Å². The van der Waals surface area contributed by atoms with E-state index < -0.39 is 48.3 Å². The van der Waals surface area contributed by atoms with E-state index in [9.17, 15) is 24.3 Å². The highest BCUT2D eigenvalue weighted by atomic mass is 16.6. The van der Waals surface area contributed by atoms with Gasteiger partial charge in [0.15, 0.2) is 0 Å². The van der Waals surface area contributed by atoms with E-state index in [0.717, 1.165) is 0 Å². The second-order valence-corrected chi connectivity index (χ2v) is 7.47. The fraction of sp³-hybridized carbons (Fsp3) is 0.765. The van der Waals surface area contributed by atoms with E-state index in [1.165, 1.54) is 0 Å². The number of amides is 3. The van der Waals surface area contributed by atoms with Crippen molar-refractivity contribution in [2.45, 2.75) is 77.6 Å². The molecule has 0 aliphatic carbocycles. The molecule has 0 heterocycles. The largest absolute Gasteiger partial charge is 0.481 e. The maximum Gasteiger partial charge on any atom is 0.407 e. The van der Waals surface area contributed by atoms with Gasteiger partial charge in [-0.15, -0.1) is 0 Å². The Hall–Kier alpha value is -2.36. The summed E-state index contributed by atoms with van der Waals surface area (Å²) in [5.74, 6) is -1.86. The van der Waals surface area contributed by atoms with Crippen molar-refractivity contribution in [2.75, 3.05) is 6.61 Å². The second kappa shape index (κ2) is 11.4. The van der Waals surface area contributed by atoms with Crippen LogP contribution in [-0.2, 0) is 19.1 Å². The van der Waals surface area contributed by atoms with Crippen LogP contribution in [-0.4, -0.2) is 64.4 Å². The maximum absolute atomic E-state index is 12.0. The number of hydrogen-bond donors (Lipinski definition) is 5. The number of aliphatic hydroxyl groups is 1. The monoisotopic (exact) mass is 389 g/mol. The van der Waals surface area contributed by atoms with Gasteiger partial charge in [0.05, 0.1) is 19.1 Å². The molecule has 0 unspecified atom stereocenters. The Balaban J connectivity index is 4.35. The molecule has 0 rings (SSSR count). The summed E-state index contributed by atoms with van der Waals surface area (Å²) in [6.07, 6.45) is -1.15. The lowest BCUT2D eigenvalue weighted by Crippen LogP contribution is -2.45. The molecule has 10 heteroatoms. The minimum Gasteiger partial charge on any atom is -0.481 e. The van der Waals surface area contributed by atoms with E-state index in [0.29, 0.717) is 0 Å². The molecule has 10 nitrogen and oxygen atoms in total. The van der Waals surface area contributed by atoms with Crippen LogP contribution in [0.5, 0.6) is 0 Å². The highest BCUT2D eigenvalue weighted by Gasteiger charge is 2.22. The first-order valence-electron chi connectivity index (χ1n) is 8.73. The number of alkyl carbamates (subject to hydrolysis) is 1. The lowest BCUT2D eigenvalue weighted by molar-refractivity contribution is -0.137. The molecule has 0 aromatic carbocycles. The van der Waals surface area contributed by atoms with Gasteiger partial charge < -0.3 is 30.9 Å². The fourth-order valence-electron chi connectivity index (χ4n) is 2.17. The summed E-state index contributed by atoms with van der Waals surface area (Å²) in [7, 11) is 0. The van der Waals surface area contributed by atoms with Crippen LogP contribution in [0.3, 0.4) is 0 Å². The Bertz CT molecular complexity index is 531. The summed E-state index contributed by atoms with van der Waals surface area (Å²) in [5.41, 5.74) is -0.702. The van der Waals surface area contributed by atoms with Gasteiger partial charge in [-0.05, 0) is 34.6 Å². The average Bonchev–Trinajstić information content (AvgIpc) is 2.42. The van der Waals surface area contributed by atoms with Crippen molar-refractivity contribution in [2.24, 2.45) is 0 Å². The van der Waals surface area contributed by atoms with E-state index in [4.69, 9.17) is 9.84 Å². The van der Waals surface area contributed by atoms with E-state index in [-0.39, 0.29) is 25.2 Å². The second-order valence-electron chi connectivity index (χ2n) is 7.47. The third-order valence-corrected chi connectivity index (χ3v) is 3.16. The lowest BCUT2D eigenvalue weighted by Gasteiger charge is -2.23. The van der Waals surface area contributed by atoms with Crippen LogP contribution in [0.4, 0.5) is 4.79 Å². The van der Waals surface area contributed by atoms with Crippen molar-refractivity contribution in [1.29, 1.82) is 0 Å². The molecule has 0 saturated heterocycles. The topological polar surface area (TPSA) is 154 Å². The number of hydrogen-bond acceptors (Lipinski definition) is 6. The maximum atomic E-state index is 12.0. The minimum atomic E-state index is -1.02. The summed E-state index contributed by atoms with van der Waals surface area (Å²) in [6.45, 7) is 7.82. The van der Waals surface area contributed by atoms with Crippen LogP contribution in [0.25, 0.3) is 0 Å². The first kappa shape index (κ1) is 24.6. The number of carboxylic acids is 1. The van der Waals surface area contributed by atoms with Gasteiger partial charge in [0.1, 0.15) is 5.60 Å². The first-order chi connectivity index (χ1) is 12.3. The van der Waals surface area contributed by atoms with E-state index in [2.05, 4.69) is 16.0 Å². The van der Waals surface area contributed by atoms with Gasteiger partial charge in [0.25, 0.3) is 0 Å². The van der Waals surface area contributed by atoms with Gasteiger partial charge in [0.2, 0.25) is 11.8 Å². The molecule has 0 saturated carbocycles. The van der Waals surface area contributed by atoms with Crippen molar-refractivity contribution in [3.63, 3.8) is 0 Å². The Morgan fingerprint density at radius 2 is 1.37 bits per heavy atom. The number of carbonyl (C=O) groups is 4. The standard InChI is InChI=1S/C17H31N3O7/c1-10(6-13(22)19-11(2)7-15(24)25)18-14(23)8-12(9-21)20-16(26)27-17(3,4)5/h10-12,21H,6-9H2,1-5H3,(H,18,23)(H,19,22)(H,20,26)(H,24,25)/t10-,11-,12+/m0/s1. The van der Waals surface area contributed by atoms with Crippen LogP contribution < -0.4 is 16.0 Å². The molecule has 0 radical (unpaired) electrons. The van der Waals surface area contributed by atoms with Crippen LogP contribution in [0.2, 0.25) is 0 Å². The molecular formula is C17H31N3O7. The molecule has 0 aliphatic rings. The molecule has 3 atom stereocenters. The molecule has 0 bridgehead atoms. The Morgan fingerprint density at radius 1 is 0.889 bits per heavy atom. The third-order valence-electron chi connectivity index (χ3n) is 3.16. The molecule has 0 spiro atoms. The van der Waals surface area contributed by atoms with E-state index in [1.54, 1.807) is 34.6 Å². The van der Waals surface area contributed by atoms with E-state index in [1.807, 2.05) is 0 Å². The fourth-order valence-corrected chi connectivity index (χ4v) is 2.17. The number of carboxylic acid groups (broad SMARTS) is 1. The molecule has 0 fully saturated rings. The SMILES string of the molecule is C[C@@H](CC(=O)O)NC(=O)C[C@H](C)NC(=O)C[C@H](CO)NC(=O)OC(C)(C)C. The highest BCUT2D eigenvalue weighted by molar-refractivity contribution is 5.81. The minimum absolute atomic E-state index is 0.0288. The van der Waals surface area contributed by atoms with Crippen LogP contribution in [0.15, 0.2) is 0 Å². The molecule has 3 amide bonds. The normalized spacial score (nSPS) is 14.4.